The average Bonchev–Trinajstić information content (AvgIpc) is 2.74. The lowest BCUT2D eigenvalue weighted by atomic mass is 9.87. The Morgan fingerprint density at radius 3 is 2.50 bits per heavy atom. The van der Waals surface area contributed by atoms with Gasteiger partial charge in [0, 0.05) is 64.1 Å². The highest BCUT2D eigenvalue weighted by atomic mass is 19.1. The molecule has 4 rings (SSSR count). The number of hydrogen-bond donors (Lipinski definition) is 1. The normalized spacial score (nSPS) is 20.8. The van der Waals surface area contributed by atoms with Crippen molar-refractivity contribution in [2.75, 3.05) is 51.3 Å². The number of nitrogens with zero attached hydrogens (tertiary/aromatic N) is 3. The van der Waals surface area contributed by atoms with Crippen molar-refractivity contribution in [3.8, 4) is 0 Å². The fourth-order valence-corrected chi connectivity index (χ4v) is 4.35. The molecule has 2 aromatic rings. The van der Waals surface area contributed by atoms with Crippen molar-refractivity contribution in [1.82, 2.24) is 14.8 Å². The Kier molecular flexibility index (Phi) is 6.20. The molecule has 5 nitrogen and oxygen atoms in total. The van der Waals surface area contributed by atoms with Crippen molar-refractivity contribution < 1.29 is 9.13 Å². The third-order valence-corrected chi connectivity index (χ3v) is 6.04. The van der Waals surface area contributed by atoms with Gasteiger partial charge in [-0.2, -0.15) is 0 Å². The van der Waals surface area contributed by atoms with Gasteiger partial charge in [0.1, 0.15) is 5.82 Å². The first-order chi connectivity index (χ1) is 13.7. The molecular weight excluding hydrogens is 355 g/mol. The standard InChI is InChI=1S/C22H29FN4O/c23-20-14-21(16-24-15-20)25-18-22(6-12-28-13-7-22)27-10-8-26(9-11-27)17-19-4-2-1-3-5-19/h1-5,14-16,25H,6-13,17-18H2. The number of halogens is 1. The van der Waals surface area contributed by atoms with E-state index in [1.165, 1.54) is 17.8 Å². The van der Waals surface area contributed by atoms with Gasteiger partial charge < -0.3 is 10.1 Å². The van der Waals surface area contributed by atoms with Crippen molar-refractivity contribution in [3.05, 3.63) is 60.2 Å². The summed E-state index contributed by atoms with van der Waals surface area (Å²) in [5, 5.41) is 3.43. The Labute approximate surface area is 166 Å². The fraction of sp³-hybridized carbons (Fsp3) is 0.500. The highest BCUT2D eigenvalue weighted by molar-refractivity contribution is 5.40. The van der Waals surface area contributed by atoms with E-state index in [-0.39, 0.29) is 11.4 Å². The van der Waals surface area contributed by atoms with Crippen LogP contribution in [-0.4, -0.2) is 66.3 Å². The highest BCUT2D eigenvalue weighted by Crippen LogP contribution is 2.30. The van der Waals surface area contributed by atoms with Crippen LogP contribution in [0.5, 0.6) is 0 Å². The van der Waals surface area contributed by atoms with Crippen LogP contribution in [0.3, 0.4) is 0 Å². The van der Waals surface area contributed by atoms with Gasteiger partial charge in [0.2, 0.25) is 0 Å². The molecule has 3 heterocycles. The molecule has 0 spiro atoms. The number of anilines is 1. The molecule has 6 heteroatoms. The Hall–Kier alpha value is -2.02. The third-order valence-electron chi connectivity index (χ3n) is 6.04. The lowest BCUT2D eigenvalue weighted by Gasteiger charge is -2.50. The SMILES string of the molecule is Fc1cncc(NCC2(N3CCN(Cc4ccccc4)CC3)CCOCC2)c1. The topological polar surface area (TPSA) is 40.6 Å². The summed E-state index contributed by atoms with van der Waals surface area (Å²) in [4.78, 5) is 9.10. The molecule has 0 radical (unpaired) electrons. The van der Waals surface area contributed by atoms with E-state index < -0.39 is 0 Å². The van der Waals surface area contributed by atoms with Crippen LogP contribution >= 0.6 is 0 Å². The van der Waals surface area contributed by atoms with Crippen LogP contribution in [0.25, 0.3) is 0 Å². The summed E-state index contributed by atoms with van der Waals surface area (Å²) in [6.45, 7) is 7.61. The average molecular weight is 384 g/mol. The quantitative estimate of drug-likeness (QED) is 0.829. The third kappa shape index (κ3) is 4.69. The van der Waals surface area contributed by atoms with E-state index in [1.807, 2.05) is 0 Å². The Morgan fingerprint density at radius 2 is 1.79 bits per heavy atom. The molecule has 150 valence electrons. The van der Waals surface area contributed by atoms with Crippen LogP contribution in [-0.2, 0) is 11.3 Å². The zero-order valence-electron chi connectivity index (χ0n) is 16.3. The van der Waals surface area contributed by atoms with E-state index in [4.69, 9.17) is 4.74 Å². The Balaban J connectivity index is 1.37. The van der Waals surface area contributed by atoms with Crippen LogP contribution in [0.1, 0.15) is 18.4 Å². The van der Waals surface area contributed by atoms with Crippen molar-refractivity contribution >= 4 is 5.69 Å². The number of piperazine rings is 1. The molecular formula is C22H29FN4O. The summed E-state index contributed by atoms with van der Waals surface area (Å²) >= 11 is 0. The summed E-state index contributed by atoms with van der Waals surface area (Å²) in [6.07, 6.45) is 4.93. The highest BCUT2D eigenvalue weighted by Gasteiger charge is 2.39. The van der Waals surface area contributed by atoms with E-state index in [0.29, 0.717) is 0 Å². The molecule has 1 N–H and O–H groups in total. The van der Waals surface area contributed by atoms with Gasteiger partial charge in [-0.25, -0.2) is 4.39 Å². The van der Waals surface area contributed by atoms with Gasteiger partial charge in [-0.05, 0) is 18.4 Å². The van der Waals surface area contributed by atoms with Gasteiger partial charge in [0.15, 0.2) is 0 Å². The van der Waals surface area contributed by atoms with Crippen LogP contribution in [0.4, 0.5) is 10.1 Å². The molecule has 2 aliphatic heterocycles. The zero-order chi connectivity index (χ0) is 19.2. The van der Waals surface area contributed by atoms with Crippen LogP contribution in [0, 0.1) is 5.82 Å². The van der Waals surface area contributed by atoms with Gasteiger partial charge in [-0.3, -0.25) is 14.8 Å². The minimum atomic E-state index is -0.305. The molecule has 0 bridgehead atoms. The lowest BCUT2D eigenvalue weighted by molar-refractivity contribution is -0.0413. The van der Waals surface area contributed by atoms with E-state index in [1.54, 1.807) is 6.20 Å². The van der Waals surface area contributed by atoms with Gasteiger partial charge in [-0.15, -0.1) is 0 Å². The maximum atomic E-state index is 13.5. The first kappa shape index (κ1) is 19.3. The fourth-order valence-electron chi connectivity index (χ4n) is 4.35. The molecule has 1 aromatic heterocycles. The second kappa shape index (κ2) is 8.99. The molecule has 0 unspecified atom stereocenters. The predicted octanol–water partition coefficient (Wildman–Crippen LogP) is 3.00. The van der Waals surface area contributed by atoms with Crippen LogP contribution in [0.2, 0.25) is 0 Å². The van der Waals surface area contributed by atoms with Crippen molar-refractivity contribution in [2.24, 2.45) is 0 Å². The molecule has 0 atom stereocenters. The van der Waals surface area contributed by atoms with Gasteiger partial charge in [0.25, 0.3) is 0 Å². The molecule has 28 heavy (non-hydrogen) atoms. The van der Waals surface area contributed by atoms with E-state index in [0.717, 1.165) is 71.0 Å². The van der Waals surface area contributed by atoms with E-state index >= 15 is 0 Å². The maximum Gasteiger partial charge on any atom is 0.143 e. The molecule has 0 amide bonds. The van der Waals surface area contributed by atoms with Gasteiger partial charge in [0.05, 0.1) is 18.1 Å². The first-order valence-corrected chi connectivity index (χ1v) is 10.2. The van der Waals surface area contributed by atoms with E-state index in [9.17, 15) is 4.39 Å². The Morgan fingerprint density at radius 1 is 1.04 bits per heavy atom. The largest absolute Gasteiger partial charge is 0.382 e. The number of aromatic nitrogens is 1. The monoisotopic (exact) mass is 384 g/mol. The molecule has 2 saturated heterocycles. The minimum Gasteiger partial charge on any atom is -0.382 e. The lowest BCUT2D eigenvalue weighted by Crippen LogP contribution is -2.61. The maximum absolute atomic E-state index is 13.5. The molecule has 0 saturated carbocycles. The van der Waals surface area contributed by atoms with Crippen molar-refractivity contribution in [1.29, 1.82) is 0 Å². The summed E-state index contributed by atoms with van der Waals surface area (Å²) in [6, 6.07) is 12.2. The minimum absolute atomic E-state index is 0.0589. The van der Waals surface area contributed by atoms with Crippen molar-refractivity contribution in [3.63, 3.8) is 0 Å². The summed E-state index contributed by atoms with van der Waals surface area (Å²) in [5.74, 6) is -0.305. The molecule has 1 aromatic carbocycles. The predicted molar refractivity (Wildman–Crippen MR) is 109 cm³/mol. The number of ether oxygens (including phenoxy) is 1. The number of rotatable bonds is 6. The number of benzene rings is 1. The van der Waals surface area contributed by atoms with E-state index in [2.05, 4.69) is 50.4 Å². The molecule has 2 fully saturated rings. The second-order valence-corrected chi connectivity index (χ2v) is 7.83. The summed E-state index contributed by atoms with van der Waals surface area (Å²) in [7, 11) is 0. The number of pyridine rings is 1. The number of hydrogen-bond acceptors (Lipinski definition) is 5. The second-order valence-electron chi connectivity index (χ2n) is 7.83. The summed E-state index contributed by atoms with van der Waals surface area (Å²) in [5.41, 5.74) is 2.18. The first-order valence-electron chi connectivity index (χ1n) is 10.2. The molecule has 2 aliphatic rings. The molecule has 0 aliphatic carbocycles. The number of nitrogens with one attached hydrogen (secondary N) is 1. The summed E-state index contributed by atoms with van der Waals surface area (Å²) < 4.78 is 19.1. The van der Waals surface area contributed by atoms with Gasteiger partial charge >= 0.3 is 0 Å². The zero-order valence-corrected chi connectivity index (χ0v) is 16.3. The van der Waals surface area contributed by atoms with Crippen LogP contribution < -0.4 is 5.32 Å². The van der Waals surface area contributed by atoms with Crippen molar-refractivity contribution in [2.45, 2.75) is 24.9 Å². The van der Waals surface area contributed by atoms with Crippen LogP contribution in [0.15, 0.2) is 48.8 Å². The smallest absolute Gasteiger partial charge is 0.143 e. The Bertz CT molecular complexity index is 743. The van der Waals surface area contributed by atoms with Gasteiger partial charge in [-0.1, -0.05) is 30.3 Å².